The van der Waals surface area contributed by atoms with E-state index in [1.165, 1.54) is 0 Å². The van der Waals surface area contributed by atoms with Crippen LogP contribution < -0.4 is 0 Å². The van der Waals surface area contributed by atoms with Crippen molar-refractivity contribution in [3.8, 4) is 0 Å². The van der Waals surface area contributed by atoms with Crippen LogP contribution in [0.1, 0.15) is 10.4 Å². The van der Waals surface area contributed by atoms with E-state index in [1.807, 2.05) is 31.8 Å². The van der Waals surface area contributed by atoms with Crippen LogP contribution in [0.4, 0.5) is 0 Å². The number of halogens is 1. The molecule has 0 N–H and O–H groups in total. The fourth-order valence-corrected chi connectivity index (χ4v) is 1.96. The minimum atomic E-state index is -1.77. The molecule has 0 unspecified atom stereocenters. The molecule has 14 heavy (non-hydrogen) atoms. The molecule has 0 heterocycles. The van der Waals surface area contributed by atoms with Crippen molar-refractivity contribution in [1.82, 2.24) is 0 Å². The van der Waals surface area contributed by atoms with E-state index >= 15 is 0 Å². The van der Waals surface area contributed by atoms with E-state index in [-0.39, 0.29) is 5.97 Å². The van der Waals surface area contributed by atoms with Gasteiger partial charge in [0.05, 0.1) is 5.56 Å². The van der Waals surface area contributed by atoms with Crippen LogP contribution in [0.5, 0.6) is 0 Å². The van der Waals surface area contributed by atoms with Crippen LogP contribution in [0, 0.1) is 3.57 Å². The fraction of sp³-hybridized carbons (Fsp3) is 0.300. The molecule has 1 aromatic carbocycles. The van der Waals surface area contributed by atoms with Gasteiger partial charge in [-0.2, -0.15) is 0 Å². The van der Waals surface area contributed by atoms with Crippen molar-refractivity contribution in [3.63, 3.8) is 0 Å². The average Bonchev–Trinajstić information content (AvgIpc) is 2.02. The molecule has 0 bridgehead atoms. The molecule has 76 valence electrons. The molecular formula is C10H13IO2Si. The van der Waals surface area contributed by atoms with Crippen LogP contribution in [0.3, 0.4) is 0 Å². The SMILES string of the molecule is C[Si](C)(C)OC(=O)c1ccc(I)cc1. The molecule has 2 nitrogen and oxygen atoms in total. The van der Waals surface area contributed by atoms with Crippen molar-refractivity contribution in [2.24, 2.45) is 0 Å². The molecular weight excluding hydrogens is 307 g/mol. The second-order valence-electron chi connectivity index (χ2n) is 4.01. The Morgan fingerprint density at radius 1 is 1.21 bits per heavy atom. The first-order valence-corrected chi connectivity index (χ1v) is 8.86. The molecule has 0 saturated carbocycles. The number of carbonyl (C=O) groups excluding carboxylic acids is 1. The summed E-state index contributed by atoms with van der Waals surface area (Å²) in [7, 11) is -1.77. The second-order valence-corrected chi connectivity index (χ2v) is 9.68. The molecule has 0 spiro atoms. The Labute approximate surface area is 98.9 Å². The lowest BCUT2D eigenvalue weighted by atomic mass is 10.2. The number of carbonyl (C=O) groups is 1. The van der Waals surface area contributed by atoms with Crippen LogP contribution in [-0.4, -0.2) is 14.3 Å². The zero-order chi connectivity index (χ0) is 10.8. The Bertz CT molecular complexity index is 327. The molecule has 0 aromatic heterocycles. The van der Waals surface area contributed by atoms with Gasteiger partial charge in [-0.3, -0.25) is 0 Å². The standard InChI is InChI=1S/C10H13IO2Si/c1-14(2,3)13-10(12)8-4-6-9(11)7-5-8/h4-7H,1-3H3. The predicted molar refractivity (Wildman–Crippen MR) is 67.9 cm³/mol. The summed E-state index contributed by atoms with van der Waals surface area (Å²) in [5.41, 5.74) is 0.632. The van der Waals surface area contributed by atoms with E-state index in [4.69, 9.17) is 4.43 Å². The molecule has 0 saturated heterocycles. The third kappa shape index (κ3) is 3.79. The quantitative estimate of drug-likeness (QED) is 0.617. The monoisotopic (exact) mass is 320 g/mol. The first-order chi connectivity index (χ1) is 6.38. The van der Waals surface area contributed by atoms with Gasteiger partial charge in [0.25, 0.3) is 0 Å². The topological polar surface area (TPSA) is 26.3 Å². The zero-order valence-electron chi connectivity index (χ0n) is 8.50. The van der Waals surface area contributed by atoms with Gasteiger partial charge in [0, 0.05) is 3.57 Å². The van der Waals surface area contributed by atoms with Crippen LogP contribution >= 0.6 is 22.6 Å². The molecule has 0 aliphatic carbocycles. The maximum absolute atomic E-state index is 11.6. The Morgan fingerprint density at radius 2 is 1.71 bits per heavy atom. The second kappa shape index (κ2) is 4.44. The Balaban J connectivity index is 2.76. The summed E-state index contributed by atoms with van der Waals surface area (Å²) in [5, 5.41) is 0. The number of rotatable bonds is 2. The maximum Gasteiger partial charge on any atom is 0.324 e. The molecule has 0 radical (unpaired) electrons. The van der Waals surface area contributed by atoms with Gasteiger partial charge in [0.1, 0.15) is 0 Å². The van der Waals surface area contributed by atoms with Gasteiger partial charge in [0.15, 0.2) is 0 Å². The van der Waals surface area contributed by atoms with Crippen LogP contribution in [-0.2, 0) is 4.43 Å². The first-order valence-electron chi connectivity index (χ1n) is 4.37. The van der Waals surface area contributed by atoms with Crippen molar-refractivity contribution in [2.75, 3.05) is 0 Å². The Kier molecular flexibility index (Phi) is 3.71. The average molecular weight is 320 g/mol. The van der Waals surface area contributed by atoms with Gasteiger partial charge in [-0.15, -0.1) is 0 Å². The van der Waals surface area contributed by atoms with Gasteiger partial charge in [-0.1, -0.05) is 0 Å². The molecule has 0 atom stereocenters. The summed E-state index contributed by atoms with van der Waals surface area (Å²) in [5.74, 6) is -0.208. The highest BCUT2D eigenvalue weighted by Crippen LogP contribution is 2.11. The van der Waals surface area contributed by atoms with Crippen molar-refractivity contribution >= 4 is 36.9 Å². The van der Waals surface area contributed by atoms with Crippen LogP contribution in [0.15, 0.2) is 24.3 Å². The number of hydrogen-bond acceptors (Lipinski definition) is 2. The third-order valence-corrected chi connectivity index (χ3v) is 3.00. The fourth-order valence-electron chi connectivity index (χ4n) is 0.923. The van der Waals surface area contributed by atoms with Crippen molar-refractivity contribution in [3.05, 3.63) is 33.4 Å². The summed E-state index contributed by atoms with van der Waals surface area (Å²) in [6, 6.07) is 7.40. The maximum atomic E-state index is 11.6. The van der Waals surface area contributed by atoms with Crippen molar-refractivity contribution in [1.29, 1.82) is 0 Å². The van der Waals surface area contributed by atoms with E-state index in [2.05, 4.69) is 22.6 Å². The van der Waals surface area contributed by atoms with Crippen LogP contribution in [0.25, 0.3) is 0 Å². The third-order valence-electron chi connectivity index (χ3n) is 1.48. The Morgan fingerprint density at radius 3 is 2.14 bits per heavy atom. The predicted octanol–water partition coefficient (Wildman–Crippen LogP) is 3.28. The Hall–Kier alpha value is -0.363. The highest BCUT2D eigenvalue weighted by Gasteiger charge is 2.20. The molecule has 1 aromatic rings. The smallest absolute Gasteiger partial charge is 0.324 e. The molecule has 4 heteroatoms. The van der Waals surface area contributed by atoms with Gasteiger partial charge in [-0.25, -0.2) is 4.79 Å². The van der Waals surface area contributed by atoms with Gasteiger partial charge >= 0.3 is 5.97 Å². The minimum Gasteiger partial charge on any atom is -0.516 e. The van der Waals surface area contributed by atoms with E-state index in [0.717, 1.165) is 3.57 Å². The number of benzene rings is 1. The molecule has 1 rings (SSSR count). The molecule has 0 aliphatic rings. The van der Waals surface area contributed by atoms with Crippen LogP contribution in [0.2, 0.25) is 19.6 Å². The molecule has 0 fully saturated rings. The van der Waals surface area contributed by atoms with Gasteiger partial charge in [0.2, 0.25) is 8.32 Å². The largest absolute Gasteiger partial charge is 0.516 e. The minimum absolute atomic E-state index is 0.208. The molecule has 0 amide bonds. The lowest BCUT2D eigenvalue weighted by molar-refractivity contribution is 0.0724. The van der Waals surface area contributed by atoms with Gasteiger partial charge < -0.3 is 4.43 Å². The van der Waals surface area contributed by atoms with E-state index < -0.39 is 8.32 Å². The normalized spacial score (nSPS) is 11.1. The lowest BCUT2D eigenvalue weighted by Gasteiger charge is -2.17. The highest BCUT2D eigenvalue weighted by atomic mass is 127. The summed E-state index contributed by atoms with van der Waals surface area (Å²) < 4.78 is 6.48. The highest BCUT2D eigenvalue weighted by molar-refractivity contribution is 14.1. The summed E-state index contributed by atoms with van der Waals surface area (Å²) >= 11 is 2.20. The summed E-state index contributed by atoms with van der Waals surface area (Å²) in [6.45, 7) is 5.99. The number of hydrogen-bond donors (Lipinski definition) is 0. The summed E-state index contributed by atoms with van der Waals surface area (Å²) in [4.78, 5) is 11.6. The van der Waals surface area contributed by atoms with E-state index in [9.17, 15) is 4.79 Å². The lowest BCUT2D eigenvalue weighted by Crippen LogP contribution is -2.29. The first kappa shape index (κ1) is 11.7. The van der Waals surface area contributed by atoms with Gasteiger partial charge in [-0.05, 0) is 66.5 Å². The van der Waals surface area contributed by atoms with E-state index in [0.29, 0.717) is 5.56 Å². The van der Waals surface area contributed by atoms with Crippen molar-refractivity contribution < 1.29 is 9.22 Å². The summed E-state index contributed by atoms with van der Waals surface area (Å²) in [6.07, 6.45) is 0. The van der Waals surface area contributed by atoms with E-state index in [1.54, 1.807) is 12.1 Å². The van der Waals surface area contributed by atoms with Crippen molar-refractivity contribution in [2.45, 2.75) is 19.6 Å². The molecule has 0 aliphatic heterocycles. The zero-order valence-corrected chi connectivity index (χ0v) is 11.7.